The summed E-state index contributed by atoms with van der Waals surface area (Å²) in [6.07, 6.45) is 5.13. The molecule has 2 aromatic rings. The molecule has 20 heavy (non-hydrogen) atoms. The van der Waals surface area contributed by atoms with E-state index in [-0.39, 0.29) is 5.91 Å². The van der Waals surface area contributed by atoms with Crippen molar-refractivity contribution in [2.45, 2.75) is 26.2 Å². The number of hydrogen-bond donors (Lipinski definition) is 1. The molecule has 1 atom stereocenters. The Morgan fingerprint density at radius 3 is 3.20 bits per heavy atom. The molecule has 0 unspecified atom stereocenters. The highest BCUT2D eigenvalue weighted by molar-refractivity contribution is 7.08. The Balaban J connectivity index is 1.65. The highest BCUT2D eigenvalue weighted by atomic mass is 32.1. The maximum absolute atomic E-state index is 12.4. The largest absolute Gasteiger partial charge is 0.338 e. The van der Waals surface area contributed by atoms with Gasteiger partial charge in [-0.15, -0.1) is 0 Å². The summed E-state index contributed by atoms with van der Waals surface area (Å²) < 4.78 is 0. The zero-order valence-corrected chi connectivity index (χ0v) is 12.4. The van der Waals surface area contributed by atoms with Crippen LogP contribution in [0.1, 0.15) is 34.5 Å². The lowest BCUT2D eigenvalue weighted by Crippen LogP contribution is -2.40. The van der Waals surface area contributed by atoms with Gasteiger partial charge in [-0.1, -0.05) is 0 Å². The molecule has 0 spiro atoms. The fraction of sp³-hybridized carbons (Fsp3) is 0.467. The van der Waals surface area contributed by atoms with Crippen LogP contribution >= 0.6 is 11.3 Å². The van der Waals surface area contributed by atoms with Crippen molar-refractivity contribution < 1.29 is 4.79 Å². The van der Waals surface area contributed by atoms with Crippen molar-refractivity contribution in [3.05, 3.63) is 39.8 Å². The van der Waals surface area contributed by atoms with Crippen molar-refractivity contribution >= 4 is 17.2 Å². The highest BCUT2D eigenvalue weighted by Crippen LogP contribution is 2.23. The van der Waals surface area contributed by atoms with Gasteiger partial charge in [0.05, 0.1) is 11.8 Å². The van der Waals surface area contributed by atoms with Gasteiger partial charge in [0.25, 0.3) is 5.91 Å². The van der Waals surface area contributed by atoms with Crippen LogP contribution in [-0.4, -0.2) is 34.1 Å². The average Bonchev–Trinajstić information content (AvgIpc) is 3.11. The molecule has 5 heteroatoms. The van der Waals surface area contributed by atoms with Gasteiger partial charge in [0, 0.05) is 24.2 Å². The normalized spacial score (nSPS) is 19.2. The summed E-state index contributed by atoms with van der Waals surface area (Å²) in [6.45, 7) is 3.82. The minimum absolute atomic E-state index is 0.178. The first-order valence-electron chi connectivity index (χ1n) is 7.04. The number of H-pyrrole nitrogens is 1. The van der Waals surface area contributed by atoms with Gasteiger partial charge >= 0.3 is 0 Å². The Labute approximate surface area is 122 Å². The Morgan fingerprint density at radius 2 is 2.50 bits per heavy atom. The summed E-state index contributed by atoms with van der Waals surface area (Å²) in [5, 5.41) is 11.0. The Bertz CT molecular complexity index is 576. The van der Waals surface area contributed by atoms with Gasteiger partial charge in [-0.25, -0.2) is 0 Å². The molecule has 2 aromatic heterocycles. The summed E-state index contributed by atoms with van der Waals surface area (Å²) in [5.74, 6) is 0.711. The maximum Gasteiger partial charge on any atom is 0.254 e. The number of rotatable bonds is 3. The Kier molecular flexibility index (Phi) is 3.87. The minimum atomic E-state index is 0.178. The van der Waals surface area contributed by atoms with E-state index in [2.05, 4.69) is 17.1 Å². The van der Waals surface area contributed by atoms with Crippen LogP contribution < -0.4 is 0 Å². The minimum Gasteiger partial charge on any atom is -0.338 e. The second kappa shape index (κ2) is 5.79. The molecule has 1 aliphatic heterocycles. The van der Waals surface area contributed by atoms with Crippen molar-refractivity contribution in [3.63, 3.8) is 0 Å². The number of likely N-dealkylation sites (tertiary alicyclic amines) is 1. The molecule has 3 rings (SSSR count). The summed E-state index contributed by atoms with van der Waals surface area (Å²) in [6, 6.07) is 1.91. The number of aromatic amines is 1. The van der Waals surface area contributed by atoms with Gasteiger partial charge in [0.1, 0.15) is 0 Å². The van der Waals surface area contributed by atoms with Gasteiger partial charge < -0.3 is 4.90 Å². The summed E-state index contributed by atoms with van der Waals surface area (Å²) in [7, 11) is 0. The predicted molar refractivity (Wildman–Crippen MR) is 80.0 cm³/mol. The summed E-state index contributed by atoms with van der Waals surface area (Å²) in [4.78, 5) is 14.4. The van der Waals surface area contributed by atoms with Crippen molar-refractivity contribution in [1.82, 2.24) is 15.1 Å². The van der Waals surface area contributed by atoms with E-state index in [0.717, 1.165) is 31.5 Å². The standard InChI is InChI=1S/C15H19N3OS/c1-11-8-16-17-14(11)7-12-3-2-5-18(9-12)15(19)13-4-6-20-10-13/h4,6,8,10,12H,2-3,5,7,9H2,1H3,(H,16,17)/t12-/m0/s1. The van der Waals surface area contributed by atoms with Crippen LogP contribution in [-0.2, 0) is 6.42 Å². The van der Waals surface area contributed by atoms with Crippen molar-refractivity contribution in [2.24, 2.45) is 5.92 Å². The maximum atomic E-state index is 12.4. The molecule has 0 saturated carbocycles. The molecule has 0 aliphatic carbocycles. The zero-order valence-electron chi connectivity index (χ0n) is 11.6. The van der Waals surface area contributed by atoms with Crippen LogP contribution in [0.3, 0.4) is 0 Å². The van der Waals surface area contributed by atoms with Crippen LogP contribution in [0.4, 0.5) is 0 Å². The lowest BCUT2D eigenvalue weighted by Gasteiger charge is -2.32. The molecular weight excluding hydrogens is 270 g/mol. The third-order valence-electron chi connectivity index (χ3n) is 4.00. The SMILES string of the molecule is Cc1cn[nH]c1C[C@@H]1CCCN(C(=O)c2ccsc2)C1. The van der Waals surface area contributed by atoms with E-state index in [1.54, 1.807) is 11.3 Å². The van der Waals surface area contributed by atoms with Crippen molar-refractivity contribution in [1.29, 1.82) is 0 Å². The van der Waals surface area contributed by atoms with Gasteiger partial charge in [0.2, 0.25) is 0 Å². The lowest BCUT2D eigenvalue weighted by molar-refractivity contribution is 0.0673. The number of aryl methyl sites for hydroxylation is 1. The van der Waals surface area contributed by atoms with Gasteiger partial charge in [-0.2, -0.15) is 16.4 Å². The molecule has 1 fully saturated rings. The molecule has 1 N–H and O–H groups in total. The quantitative estimate of drug-likeness (QED) is 0.944. The van der Waals surface area contributed by atoms with E-state index >= 15 is 0 Å². The topological polar surface area (TPSA) is 49.0 Å². The molecular formula is C15H19N3OS. The Morgan fingerprint density at radius 1 is 1.60 bits per heavy atom. The fourth-order valence-corrected chi connectivity index (χ4v) is 3.48. The van der Waals surface area contributed by atoms with Crippen LogP contribution in [0.25, 0.3) is 0 Å². The number of nitrogens with one attached hydrogen (secondary N) is 1. The number of piperidine rings is 1. The van der Waals surface area contributed by atoms with E-state index in [0.29, 0.717) is 5.92 Å². The number of thiophene rings is 1. The third kappa shape index (κ3) is 2.77. The number of amides is 1. The number of aromatic nitrogens is 2. The van der Waals surface area contributed by atoms with Gasteiger partial charge in [-0.3, -0.25) is 9.89 Å². The van der Waals surface area contributed by atoms with E-state index in [1.165, 1.54) is 17.7 Å². The van der Waals surface area contributed by atoms with Crippen LogP contribution in [0, 0.1) is 12.8 Å². The number of hydrogen-bond acceptors (Lipinski definition) is 3. The molecule has 1 aliphatic rings. The number of carbonyl (C=O) groups is 1. The Hall–Kier alpha value is -1.62. The summed E-state index contributed by atoms with van der Waals surface area (Å²) >= 11 is 1.58. The van der Waals surface area contributed by atoms with E-state index in [4.69, 9.17) is 0 Å². The molecule has 0 aromatic carbocycles. The third-order valence-corrected chi connectivity index (χ3v) is 4.68. The fourth-order valence-electron chi connectivity index (χ4n) is 2.85. The highest BCUT2D eigenvalue weighted by Gasteiger charge is 2.25. The first-order valence-corrected chi connectivity index (χ1v) is 7.98. The van der Waals surface area contributed by atoms with Crippen LogP contribution in [0.2, 0.25) is 0 Å². The molecule has 1 saturated heterocycles. The van der Waals surface area contributed by atoms with Crippen LogP contribution in [0.15, 0.2) is 23.0 Å². The number of nitrogens with zero attached hydrogens (tertiary/aromatic N) is 2. The molecule has 106 valence electrons. The van der Waals surface area contributed by atoms with Crippen LogP contribution in [0.5, 0.6) is 0 Å². The summed E-state index contributed by atoms with van der Waals surface area (Å²) in [5.41, 5.74) is 3.25. The second-order valence-electron chi connectivity index (χ2n) is 5.51. The van der Waals surface area contributed by atoms with E-state index in [1.807, 2.05) is 27.9 Å². The molecule has 4 nitrogen and oxygen atoms in total. The monoisotopic (exact) mass is 289 g/mol. The van der Waals surface area contributed by atoms with E-state index < -0.39 is 0 Å². The van der Waals surface area contributed by atoms with Gasteiger partial charge in [-0.05, 0) is 49.1 Å². The zero-order chi connectivity index (χ0) is 13.9. The van der Waals surface area contributed by atoms with Crippen molar-refractivity contribution in [2.75, 3.05) is 13.1 Å². The molecule has 0 radical (unpaired) electrons. The molecule has 3 heterocycles. The molecule has 0 bridgehead atoms. The number of carbonyl (C=O) groups excluding carboxylic acids is 1. The molecule has 1 amide bonds. The predicted octanol–water partition coefficient (Wildman–Crippen LogP) is 2.87. The van der Waals surface area contributed by atoms with E-state index in [9.17, 15) is 4.79 Å². The smallest absolute Gasteiger partial charge is 0.254 e. The lowest BCUT2D eigenvalue weighted by atomic mass is 9.92. The average molecular weight is 289 g/mol. The second-order valence-corrected chi connectivity index (χ2v) is 6.29. The first-order chi connectivity index (χ1) is 9.74. The van der Waals surface area contributed by atoms with Gasteiger partial charge in [0.15, 0.2) is 0 Å². The first kappa shape index (κ1) is 13.4. The van der Waals surface area contributed by atoms with Crippen molar-refractivity contribution in [3.8, 4) is 0 Å².